The van der Waals surface area contributed by atoms with Crippen molar-refractivity contribution in [2.45, 2.75) is 44.7 Å². The van der Waals surface area contributed by atoms with Crippen molar-refractivity contribution in [1.82, 2.24) is 0 Å². The van der Waals surface area contributed by atoms with Crippen molar-refractivity contribution in [3.8, 4) is 0 Å². The fourth-order valence-corrected chi connectivity index (χ4v) is 2.77. The summed E-state index contributed by atoms with van der Waals surface area (Å²) in [6, 6.07) is 4.44. The normalized spacial score (nSPS) is 18.0. The fourth-order valence-electron chi connectivity index (χ4n) is 2.77. The summed E-state index contributed by atoms with van der Waals surface area (Å²) in [6.45, 7) is 3.58. The van der Waals surface area contributed by atoms with Gasteiger partial charge in [-0.3, -0.25) is 0 Å². The molecule has 1 aliphatic rings. The van der Waals surface area contributed by atoms with E-state index in [4.69, 9.17) is 0 Å². The molecule has 1 aliphatic carbocycles. The van der Waals surface area contributed by atoms with Crippen LogP contribution in [0.25, 0.3) is 0 Å². The minimum Gasteiger partial charge on any atom is -0.166 e. The van der Waals surface area contributed by atoms with Crippen molar-refractivity contribution in [3.05, 3.63) is 41.8 Å². The molecular formula is C15H18F3. The molecule has 0 aliphatic heterocycles. The third-order valence-corrected chi connectivity index (χ3v) is 3.71. The van der Waals surface area contributed by atoms with Crippen LogP contribution in [0.3, 0.4) is 0 Å². The summed E-state index contributed by atoms with van der Waals surface area (Å²) in [5.74, 6) is 0.413. The van der Waals surface area contributed by atoms with Gasteiger partial charge in [-0.05, 0) is 36.5 Å². The molecule has 2 rings (SSSR count). The number of hydrogen-bond acceptors (Lipinski definition) is 0. The van der Waals surface area contributed by atoms with Gasteiger partial charge >= 0.3 is 6.18 Å². The largest absolute Gasteiger partial charge is 0.416 e. The summed E-state index contributed by atoms with van der Waals surface area (Å²) < 4.78 is 38.9. The van der Waals surface area contributed by atoms with Crippen molar-refractivity contribution in [1.29, 1.82) is 0 Å². The second-order valence-corrected chi connectivity index (χ2v) is 5.20. The lowest BCUT2D eigenvalue weighted by molar-refractivity contribution is -0.138. The van der Waals surface area contributed by atoms with Crippen LogP contribution >= 0.6 is 0 Å². The van der Waals surface area contributed by atoms with Gasteiger partial charge in [-0.1, -0.05) is 44.2 Å². The number of rotatable bonds is 2. The van der Waals surface area contributed by atoms with E-state index in [9.17, 15) is 13.2 Å². The van der Waals surface area contributed by atoms with E-state index in [1.165, 1.54) is 6.42 Å². The van der Waals surface area contributed by atoms with E-state index >= 15 is 0 Å². The Morgan fingerprint density at radius 2 is 1.78 bits per heavy atom. The SMILES string of the molecule is [CH2]c1ccc(CC2CCCCC2)c(C(F)(F)F)c1. The number of benzene rings is 1. The monoisotopic (exact) mass is 255 g/mol. The van der Waals surface area contributed by atoms with Crippen LogP contribution in [0, 0.1) is 12.8 Å². The first-order valence-electron chi connectivity index (χ1n) is 6.49. The van der Waals surface area contributed by atoms with Crippen LogP contribution in [0.2, 0.25) is 0 Å². The Kier molecular flexibility index (Phi) is 3.98. The zero-order valence-electron chi connectivity index (χ0n) is 10.4. The van der Waals surface area contributed by atoms with Crippen molar-refractivity contribution < 1.29 is 13.2 Å². The molecular weight excluding hydrogens is 237 g/mol. The first-order valence-corrected chi connectivity index (χ1v) is 6.49. The Morgan fingerprint density at radius 3 is 2.39 bits per heavy atom. The van der Waals surface area contributed by atoms with Crippen LogP contribution in [0.15, 0.2) is 18.2 Å². The highest BCUT2D eigenvalue weighted by atomic mass is 19.4. The Morgan fingerprint density at radius 1 is 1.11 bits per heavy atom. The molecule has 0 unspecified atom stereocenters. The highest BCUT2D eigenvalue weighted by Crippen LogP contribution is 2.35. The van der Waals surface area contributed by atoms with E-state index in [0.29, 0.717) is 23.5 Å². The minimum atomic E-state index is -4.27. The average molecular weight is 255 g/mol. The van der Waals surface area contributed by atoms with Gasteiger partial charge in [0.25, 0.3) is 0 Å². The molecule has 3 heteroatoms. The van der Waals surface area contributed by atoms with Gasteiger partial charge in [0, 0.05) is 0 Å². The topological polar surface area (TPSA) is 0 Å². The Labute approximate surface area is 106 Å². The van der Waals surface area contributed by atoms with Crippen LogP contribution in [-0.2, 0) is 12.6 Å². The number of halogens is 3. The maximum atomic E-state index is 13.0. The molecule has 0 atom stereocenters. The molecule has 0 aromatic heterocycles. The minimum absolute atomic E-state index is 0.413. The third kappa shape index (κ3) is 3.27. The van der Waals surface area contributed by atoms with E-state index in [1.807, 2.05) is 0 Å². The van der Waals surface area contributed by atoms with Gasteiger partial charge < -0.3 is 0 Å². The van der Waals surface area contributed by atoms with E-state index in [1.54, 1.807) is 12.1 Å². The van der Waals surface area contributed by atoms with Crippen LogP contribution in [0.5, 0.6) is 0 Å². The lowest BCUT2D eigenvalue weighted by atomic mass is 9.83. The van der Waals surface area contributed by atoms with Crippen molar-refractivity contribution in [2.24, 2.45) is 5.92 Å². The van der Waals surface area contributed by atoms with Crippen LogP contribution < -0.4 is 0 Å². The summed E-state index contributed by atoms with van der Waals surface area (Å²) in [7, 11) is 0. The molecule has 18 heavy (non-hydrogen) atoms. The van der Waals surface area contributed by atoms with Gasteiger partial charge in [-0.2, -0.15) is 13.2 Å². The highest BCUT2D eigenvalue weighted by Gasteiger charge is 2.33. The van der Waals surface area contributed by atoms with Gasteiger partial charge in [-0.15, -0.1) is 0 Å². The molecule has 1 radical (unpaired) electrons. The quantitative estimate of drug-likeness (QED) is 0.696. The molecule has 0 N–H and O–H groups in total. The van der Waals surface area contributed by atoms with Crippen molar-refractivity contribution >= 4 is 0 Å². The molecule has 1 aromatic carbocycles. The third-order valence-electron chi connectivity index (χ3n) is 3.71. The number of hydrogen-bond donors (Lipinski definition) is 0. The van der Waals surface area contributed by atoms with Gasteiger partial charge in [0.1, 0.15) is 0 Å². The second kappa shape index (κ2) is 5.33. The van der Waals surface area contributed by atoms with E-state index < -0.39 is 11.7 Å². The first-order chi connectivity index (χ1) is 8.47. The predicted octanol–water partition coefficient (Wildman–Crippen LogP) is 5.01. The molecule has 0 nitrogen and oxygen atoms in total. The molecule has 1 aromatic rings. The maximum absolute atomic E-state index is 13.0. The predicted molar refractivity (Wildman–Crippen MR) is 66.2 cm³/mol. The standard InChI is InChI=1S/C15H18F3/c1-11-7-8-13(14(9-11)15(16,17)18)10-12-5-3-2-4-6-12/h7-9,12H,1-6,10H2. The highest BCUT2D eigenvalue weighted by molar-refractivity contribution is 5.35. The maximum Gasteiger partial charge on any atom is 0.416 e. The second-order valence-electron chi connectivity index (χ2n) is 5.20. The van der Waals surface area contributed by atoms with Gasteiger partial charge in [-0.25, -0.2) is 0 Å². The van der Waals surface area contributed by atoms with Gasteiger partial charge in [0.05, 0.1) is 5.56 Å². The van der Waals surface area contributed by atoms with Crippen LogP contribution in [-0.4, -0.2) is 0 Å². The molecule has 0 saturated heterocycles. The van der Waals surface area contributed by atoms with Gasteiger partial charge in [0.2, 0.25) is 0 Å². The summed E-state index contributed by atoms with van der Waals surface area (Å²) in [5, 5.41) is 0. The molecule has 99 valence electrons. The zero-order valence-corrected chi connectivity index (χ0v) is 10.4. The fraction of sp³-hybridized carbons (Fsp3) is 0.533. The van der Waals surface area contributed by atoms with Gasteiger partial charge in [0.15, 0.2) is 0 Å². The summed E-state index contributed by atoms with van der Waals surface area (Å²) in [5.41, 5.74) is 0.358. The molecule has 1 fully saturated rings. The summed E-state index contributed by atoms with van der Waals surface area (Å²) >= 11 is 0. The van der Waals surface area contributed by atoms with E-state index in [0.717, 1.165) is 31.7 Å². The van der Waals surface area contributed by atoms with Crippen molar-refractivity contribution in [2.75, 3.05) is 0 Å². The Balaban J connectivity index is 2.21. The molecule has 0 spiro atoms. The van der Waals surface area contributed by atoms with Crippen LogP contribution in [0.1, 0.15) is 48.8 Å². The average Bonchev–Trinajstić information content (AvgIpc) is 2.31. The Bertz CT molecular complexity index is 401. The van der Waals surface area contributed by atoms with E-state index in [2.05, 4.69) is 6.92 Å². The van der Waals surface area contributed by atoms with Crippen molar-refractivity contribution in [3.63, 3.8) is 0 Å². The van der Waals surface area contributed by atoms with Crippen LogP contribution in [0.4, 0.5) is 13.2 Å². The smallest absolute Gasteiger partial charge is 0.166 e. The number of alkyl halides is 3. The molecule has 0 bridgehead atoms. The molecule has 1 saturated carbocycles. The summed E-state index contributed by atoms with van der Waals surface area (Å²) in [4.78, 5) is 0. The molecule has 0 heterocycles. The Hall–Kier alpha value is -0.990. The lowest BCUT2D eigenvalue weighted by Crippen LogP contribution is -2.15. The molecule has 0 amide bonds. The first kappa shape index (κ1) is 13.4. The lowest BCUT2D eigenvalue weighted by Gasteiger charge is -2.23. The van der Waals surface area contributed by atoms with E-state index in [-0.39, 0.29) is 0 Å². The summed E-state index contributed by atoms with van der Waals surface area (Å²) in [6.07, 6.45) is 1.93. The zero-order chi connectivity index (χ0) is 13.2.